The molecule has 0 aromatic heterocycles. The van der Waals surface area contributed by atoms with Gasteiger partial charge in [0, 0.05) is 25.6 Å². The topological polar surface area (TPSA) is 99.2 Å². The molecule has 2 aromatic rings. The molecule has 1 aliphatic heterocycles. The van der Waals surface area contributed by atoms with Gasteiger partial charge in [0.25, 0.3) is 0 Å². The molecule has 1 saturated heterocycles. The summed E-state index contributed by atoms with van der Waals surface area (Å²) in [4.78, 5) is 40.3. The fraction of sp³-hybridized carbons (Fsp3) is 0.400. The van der Waals surface area contributed by atoms with Crippen LogP contribution in [0, 0.1) is 5.92 Å². The monoisotopic (exact) mass is 451 g/mol. The number of nitrogens with zero attached hydrogens (tertiary/aromatic N) is 2. The SMILES string of the molecule is CN(C)CC(NC(=O)OCC1c2ccccc2-c2ccccc21)C(=O)N1CCC(C(=O)O)C1. The zero-order chi connectivity index (χ0) is 23.5. The number of aliphatic carboxylic acids is 1. The maximum atomic E-state index is 13.0. The predicted molar refractivity (Wildman–Crippen MR) is 123 cm³/mol. The third-order valence-electron chi connectivity index (χ3n) is 6.33. The summed E-state index contributed by atoms with van der Waals surface area (Å²) >= 11 is 0. The summed E-state index contributed by atoms with van der Waals surface area (Å²) in [6.45, 7) is 0.974. The molecule has 0 radical (unpaired) electrons. The number of fused-ring (bicyclic) bond motifs is 3. The molecule has 8 heteroatoms. The first-order valence-electron chi connectivity index (χ1n) is 11.1. The number of hydrogen-bond acceptors (Lipinski definition) is 5. The second-order valence-corrected chi connectivity index (χ2v) is 8.89. The van der Waals surface area contributed by atoms with Crippen molar-refractivity contribution in [1.82, 2.24) is 15.1 Å². The fourth-order valence-electron chi connectivity index (χ4n) is 4.72. The summed E-state index contributed by atoms with van der Waals surface area (Å²) in [6.07, 6.45) is -0.244. The maximum absolute atomic E-state index is 13.0. The predicted octanol–water partition coefficient (Wildman–Crippen LogP) is 2.39. The van der Waals surface area contributed by atoms with Crippen LogP contribution in [0.15, 0.2) is 48.5 Å². The van der Waals surface area contributed by atoms with Gasteiger partial charge in [-0.15, -0.1) is 0 Å². The largest absolute Gasteiger partial charge is 0.481 e. The molecule has 2 N–H and O–H groups in total. The zero-order valence-corrected chi connectivity index (χ0v) is 18.9. The van der Waals surface area contributed by atoms with Crippen molar-refractivity contribution in [2.75, 3.05) is 40.3 Å². The Morgan fingerprint density at radius 2 is 1.70 bits per heavy atom. The van der Waals surface area contributed by atoms with Crippen molar-refractivity contribution < 1.29 is 24.2 Å². The number of ether oxygens (including phenoxy) is 1. The molecule has 2 unspecified atom stereocenters. The molecule has 0 saturated carbocycles. The van der Waals surface area contributed by atoms with E-state index in [-0.39, 0.29) is 31.5 Å². The fourth-order valence-corrected chi connectivity index (χ4v) is 4.72. The van der Waals surface area contributed by atoms with Gasteiger partial charge in [0.15, 0.2) is 0 Å². The van der Waals surface area contributed by atoms with Crippen LogP contribution in [0.3, 0.4) is 0 Å². The lowest BCUT2D eigenvalue weighted by molar-refractivity contribution is -0.141. The molecule has 2 aliphatic rings. The van der Waals surface area contributed by atoms with E-state index in [0.717, 1.165) is 22.3 Å². The number of likely N-dealkylation sites (N-methyl/N-ethyl adjacent to an activating group) is 1. The molecule has 33 heavy (non-hydrogen) atoms. The van der Waals surface area contributed by atoms with Gasteiger partial charge in [0.05, 0.1) is 5.92 Å². The molecule has 174 valence electrons. The first kappa shape index (κ1) is 22.8. The maximum Gasteiger partial charge on any atom is 0.407 e. The second-order valence-electron chi connectivity index (χ2n) is 8.89. The number of rotatable bonds is 7. The number of carbonyl (C=O) groups is 3. The highest BCUT2D eigenvalue weighted by atomic mass is 16.5. The van der Waals surface area contributed by atoms with E-state index >= 15 is 0 Å². The van der Waals surface area contributed by atoms with Crippen LogP contribution in [0.5, 0.6) is 0 Å². The van der Waals surface area contributed by atoms with Gasteiger partial charge in [-0.25, -0.2) is 4.79 Å². The van der Waals surface area contributed by atoms with E-state index in [0.29, 0.717) is 13.0 Å². The molecule has 0 bridgehead atoms. The third-order valence-corrected chi connectivity index (χ3v) is 6.33. The van der Waals surface area contributed by atoms with E-state index in [1.807, 2.05) is 50.5 Å². The third kappa shape index (κ3) is 4.85. The standard InChI is InChI=1S/C25H29N3O5/c1-27(2)14-22(23(29)28-12-11-16(13-28)24(30)31)26-25(32)33-15-21-19-9-5-3-7-17(19)18-8-4-6-10-20(18)21/h3-10,16,21-22H,11-15H2,1-2H3,(H,26,32)(H,30,31). The van der Waals surface area contributed by atoms with Crippen LogP contribution in [-0.2, 0) is 14.3 Å². The van der Waals surface area contributed by atoms with E-state index in [4.69, 9.17) is 4.74 Å². The summed E-state index contributed by atoms with van der Waals surface area (Å²) in [5.41, 5.74) is 4.52. The lowest BCUT2D eigenvalue weighted by Crippen LogP contribution is -2.52. The summed E-state index contributed by atoms with van der Waals surface area (Å²) in [6, 6.07) is 15.4. The number of likely N-dealkylation sites (tertiary alicyclic amines) is 1. The Morgan fingerprint density at radius 3 is 2.24 bits per heavy atom. The van der Waals surface area contributed by atoms with Gasteiger partial charge in [-0.3, -0.25) is 9.59 Å². The number of nitrogens with one attached hydrogen (secondary N) is 1. The van der Waals surface area contributed by atoms with Crippen LogP contribution in [-0.4, -0.2) is 79.3 Å². The number of amides is 2. The van der Waals surface area contributed by atoms with Crippen LogP contribution in [0.4, 0.5) is 4.79 Å². The van der Waals surface area contributed by atoms with E-state index in [1.165, 1.54) is 4.90 Å². The van der Waals surface area contributed by atoms with Crippen LogP contribution in [0.1, 0.15) is 23.5 Å². The van der Waals surface area contributed by atoms with Crippen LogP contribution in [0.25, 0.3) is 11.1 Å². The van der Waals surface area contributed by atoms with E-state index in [1.54, 1.807) is 4.90 Å². The normalized spacial score (nSPS) is 18.0. The van der Waals surface area contributed by atoms with Gasteiger partial charge in [0.1, 0.15) is 12.6 Å². The molecule has 1 fully saturated rings. The Balaban J connectivity index is 1.41. The summed E-state index contributed by atoms with van der Waals surface area (Å²) in [5, 5.41) is 11.9. The van der Waals surface area contributed by atoms with Gasteiger partial charge in [-0.1, -0.05) is 48.5 Å². The lowest BCUT2D eigenvalue weighted by Gasteiger charge is -2.26. The molecule has 2 aromatic carbocycles. The smallest absolute Gasteiger partial charge is 0.407 e. The van der Waals surface area contributed by atoms with Crippen molar-refractivity contribution in [3.05, 3.63) is 59.7 Å². The Morgan fingerprint density at radius 1 is 1.09 bits per heavy atom. The lowest BCUT2D eigenvalue weighted by atomic mass is 9.98. The molecular weight excluding hydrogens is 422 g/mol. The molecule has 2 amide bonds. The van der Waals surface area contributed by atoms with E-state index in [9.17, 15) is 19.5 Å². The second kappa shape index (κ2) is 9.62. The summed E-state index contributed by atoms with van der Waals surface area (Å²) in [7, 11) is 3.62. The van der Waals surface area contributed by atoms with Crippen LogP contribution >= 0.6 is 0 Å². The highest BCUT2D eigenvalue weighted by molar-refractivity contribution is 5.87. The average molecular weight is 452 g/mol. The van der Waals surface area contributed by atoms with Crippen molar-refractivity contribution in [2.24, 2.45) is 5.92 Å². The van der Waals surface area contributed by atoms with Crippen LogP contribution in [0.2, 0.25) is 0 Å². The summed E-state index contributed by atoms with van der Waals surface area (Å²) < 4.78 is 5.59. The minimum absolute atomic E-state index is 0.0685. The molecule has 4 rings (SSSR count). The molecular formula is C25H29N3O5. The Hall–Kier alpha value is -3.39. The average Bonchev–Trinajstić information content (AvgIpc) is 3.40. The van der Waals surface area contributed by atoms with Gasteiger partial charge < -0.3 is 25.0 Å². The van der Waals surface area contributed by atoms with Gasteiger partial charge in [0.2, 0.25) is 5.91 Å². The Bertz CT molecular complexity index is 1010. The summed E-state index contributed by atoms with van der Waals surface area (Å²) in [5.74, 6) is -1.83. The van der Waals surface area contributed by atoms with Gasteiger partial charge in [-0.2, -0.15) is 0 Å². The quantitative estimate of drug-likeness (QED) is 0.671. The first-order valence-corrected chi connectivity index (χ1v) is 11.1. The molecule has 0 spiro atoms. The van der Waals surface area contributed by atoms with Crippen molar-refractivity contribution in [1.29, 1.82) is 0 Å². The first-order chi connectivity index (χ1) is 15.8. The number of benzene rings is 2. The van der Waals surface area contributed by atoms with Gasteiger partial charge >= 0.3 is 12.1 Å². The van der Waals surface area contributed by atoms with Crippen molar-refractivity contribution in [3.63, 3.8) is 0 Å². The minimum Gasteiger partial charge on any atom is -0.481 e. The number of hydrogen-bond donors (Lipinski definition) is 2. The molecule has 1 heterocycles. The zero-order valence-electron chi connectivity index (χ0n) is 18.9. The van der Waals surface area contributed by atoms with Crippen molar-refractivity contribution in [2.45, 2.75) is 18.4 Å². The molecule has 2 atom stereocenters. The highest BCUT2D eigenvalue weighted by Crippen LogP contribution is 2.44. The Kier molecular flexibility index (Phi) is 6.65. The van der Waals surface area contributed by atoms with E-state index in [2.05, 4.69) is 17.4 Å². The number of carboxylic acids is 1. The molecule has 1 aliphatic carbocycles. The highest BCUT2D eigenvalue weighted by Gasteiger charge is 2.35. The van der Waals surface area contributed by atoms with Gasteiger partial charge in [-0.05, 0) is 42.8 Å². The Labute approximate surface area is 193 Å². The number of carboxylic acid groups (broad SMARTS) is 1. The van der Waals surface area contributed by atoms with Crippen molar-refractivity contribution >= 4 is 18.0 Å². The number of alkyl carbamates (subject to hydrolysis) is 1. The van der Waals surface area contributed by atoms with Crippen LogP contribution < -0.4 is 5.32 Å². The molecule has 8 nitrogen and oxygen atoms in total. The van der Waals surface area contributed by atoms with E-state index < -0.39 is 24.0 Å². The van der Waals surface area contributed by atoms with Crippen molar-refractivity contribution in [3.8, 4) is 11.1 Å². The number of carbonyl (C=O) groups excluding carboxylic acids is 2. The minimum atomic E-state index is -0.904.